The first-order valence-electron chi connectivity index (χ1n) is 12.3. The second-order valence-corrected chi connectivity index (χ2v) is 10.5. The molecule has 12 heteroatoms. The van der Waals surface area contributed by atoms with Crippen LogP contribution in [0.4, 0.5) is 17.1 Å². The Bertz CT molecular complexity index is 1420. The summed E-state index contributed by atoms with van der Waals surface area (Å²) >= 11 is 5.34. The van der Waals surface area contributed by atoms with Crippen molar-refractivity contribution in [2.75, 3.05) is 55.0 Å². The highest BCUT2D eigenvalue weighted by Gasteiger charge is 2.25. The fourth-order valence-corrected chi connectivity index (χ4v) is 5.54. The fraction of sp³-hybridized carbons (Fsp3) is 0.259. The lowest BCUT2D eigenvalue weighted by Gasteiger charge is -2.30. The lowest BCUT2D eigenvalue weighted by molar-refractivity contribution is 0.0977. The van der Waals surface area contributed by atoms with E-state index in [0.717, 1.165) is 0 Å². The fourth-order valence-electron chi connectivity index (χ4n) is 4.01. The molecule has 3 N–H and O–H groups in total. The Morgan fingerprint density at radius 1 is 1.05 bits per heavy atom. The molecule has 1 fully saturated rings. The molecule has 10 nitrogen and oxygen atoms in total. The maximum atomic E-state index is 13.6. The molecule has 206 valence electrons. The van der Waals surface area contributed by atoms with E-state index in [1.807, 2.05) is 11.8 Å². The van der Waals surface area contributed by atoms with Gasteiger partial charge < -0.3 is 24.4 Å². The minimum Gasteiger partial charge on any atom is -0.495 e. The monoisotopic (exact) mass is 570 g/mol. The van der Waals surface area contributed by atoms with Gasteiger partial charge in [-0.1, -0.05) is 12.1 Å². The molecule has 1 amide bonds. The van der Waals surface area contributed by atoms with Crippen molar-refractivity contribution in [1.82, 2.24) is 5.32 Å². The first-order chi connectivity index (χ1) is 18.8. The average molecular weight is 571 g/mol. The number of morpholine rings is 1. The van der Waals surface area contributed by atoms with Crippen molar-refractivity contribution in [2.24, 2.45) is 0 Å². The zero-order valence-corrected chi connectivity index (χ0v) is 23.2. The second-order valence-electron chi connectivity index (χ2n) is 8.45. The lowest BCUT2D eigenvalue weighted by Crippen LogP contribution is -2.37. The van der Waals surface area contributed by atoms with Crippen molar-refractivity contribution in [2.45, 2.75) is 11.8 Å². The minimum atomic E-state index is -4.05. The van der Waals surface area contributed by atoms with E-state index in [0.29, 0.717) is 67.0 Å². The third-order valence-electron chi connectivity index (χ3n) is 5.86. The maximum absolute atomic E-state index is 13.6. The number of thiocarbonyl (C=S) groups is 1. The van der Waals surface area contributed by atoms with E-state index in [9.17, 15) is 13.2 Å². The molecule has 0 saturated carbocycles. The van der Waals surface area contributed by atoms with E-state index in [-0.39, 0.29) is 10.0 Å². The number of sulfonamides is 1. The minimum absolute atomic E-state index is 0.0223. The number of benzene rings is 3. The predicted octanol–water partition coefficient (Wildman–Crippen LogP) is 3.86. The van der Waals surface area contributed by atoms with Crippen LogP contribution in [0.5, 0.6) is 11.5 Å². The van der Waals surface area contributed by atoms with Gasteiger partial charge in [0.05, 0.1) is 38.3 Å². The Balaban J connectivity index is 1.56. The van der Waals surface area contributed by atoms with E-state index in [1.165, 1.54) is 13.2 Å². The van der Waals surface area contributed by atoms with E-state index in [2.05, 4.69) is 15.4 Å². The second kappa shape index (κ2) is 12.8. The molecule has 3 aromatic rings. The van der Waals surface area contributed by atoms with Gasteiger partial charge in [-0.2, -0.15) is 0 Å². The molecule has 1 heterocycles. The predicted molar refractivity (Wildman–Crippen MR) is 155 cm³/mol. The van der Waals surface area contributed by atoms with Crippen LogP contribution < -0.4 is 29.7 Å². The van der Waals surface area contributed by atoms with E-state index < -0.39 is 15.9 Å². The summed E-state index contributed by atoms with van der Waals surface area (Å²) in [6, 6.07) is 18.3. The van der Waals surface area contributed by atoms with E-state index in [1.54, 1.807) is 60.7 Å². The summed E-state index contributed by atoms with van der Waals surface area (Å²) in [4.78, 5) is 14.6. The number of carbonyl (C=O) groups excluding carboxylic acids is 1. The number of nitrogens with one attached hydrogen (secondary N) is 3. The van der Waals surface area contributed by atoms with Crippen molar-refractivity contribution < 1.29 is 27.4 Å². The van der Waals surface area contributed by atoms with Crippen LogP contribution in [-0.2, 0) is 14.8 Å². The number of para-hydroxylation sites is 2. The van der Waals surface area contributed by atoms with Gasteiger partial charge in [0, 0.05) is 24.3 Å². The SMILES string of the molecule is CCOc1ccc(C(=O)NC(=S)Nc2ccc(N3CCOCC3)c(S(=O)(=O)Nc3ccccc3OC)c2)cc1. The molecule has 1 aliphatic heterocycles. The summed E-state index contributed by atoms with van der Waals surface area (Å²) in [5.74, 6) is 0.637. The van der Waals surface area contributed by atoms with Gasteiger partial charge in [-0.25, -0.2) is 8.42 Å². The van der Waals surface area contributed by atoms with Gasteiger partial charge in [0.2, 0.25) is 0 Å². The topological polar surface area (TPSA) is 118 Å². The van der Waals surface area contributed by atoms with Crippen LogP contribution in [0.15, 0.2) is 71.6 Å². The van der Waals surface area contributed by atoms with Crippen LogP contribution in [0.25, 0.3) is 0 Å². The molecule has 39 heavy (non-hydrogen) atoms. The number of nitrogens with zero attached hydrogens (tertiary/aromatic N) is 1. The quantitative estimate of drug-likeness (QED) is 0.330. The van der Waals surface area contributed by atoms with Crippen LogP contribution in [-0.4, -0.2) is 59.5 Å². The molecule has 3 aromatic carbocycles. The number of methoxy groups -OCH3 is 1. The first-order valence-corrected chi connectivity index (χ1v) is 14.2. The zero-order valence-electron chi connectivity index (χ0n) is 21.6. The van der Waals surface area contributed by atoms with Gasteiger partial charge in [0.1, 0.15) is 16.4 Å². The molecule has 0 aromatic heterocycles. The van der Waals surface area contributed by atoms with Crippen molar-refractivity contribution in [3.05, 3.63) is 72.3 Å². The standard InChI is InChI=1S/C27H30N4O6S2/c1-3-37-21-11-8-19(9-12-21)26(32)29-27(38)28-20-10-13-23(31-14-16-36-17-15-31)25(18-20)39(33,34)30-22-6-4-5-7-24(22)35-2/h4-13,18,30H,3,14-17H2,1-2H3,(H2,28,29,32,38). The van der Waals surface area contributed by atoms with Crippen LogP contribution in [0.2, 0.25) is 0 Å². The highest BCUT2D eigenvalue weighted by atomic mass is 32.2. The molecule has 0 bridgehead atoms. The molecule has 0 radical (unpaired) electrons. The zero-order chi connectivity index (χ0) is 27.8. The number of hydrogen-bond donors (Lipinski definition) is 3. The van der Waals surface area contributed by atoms with Crippen molar-refractivity contribution >= 4 is 50.3 Å². The van der Waals surface area contributed by atoms with E-state index >= 15 is 0 Å². The molecule has 1 saturated heterocycles. The Morgan fingerprint density at radius 3 is 2.46 bits per heavy atom. The highest BCUT2D eigenvalue weighted by Crippen LogP contribution is 2.33. The van der Waals surface area contributed by atoms with E-state index in [4.69, 9.17) is 26.4 Å². The molecular formula is C27H30N4O6S2. The summed E-state index contributed by atoms with van der Waals surface area (Å²) in [5, 5.41) is 5.56. The van der Waals surface area contributed by atoms with Crippen LogP contribution in [0.3, 0.4) is 0 Å². The smallest absolute Gasteiger partial charge is 0.264 e. The molecule has 0 unspecified atom stereocenters. The Labute approximate surface area is 233 Å². The van der Waals surface area contributed by atoms with Crippen LogP contribution in [0, 0.1) is 0 Å². The first kappa shape index (κ1) is 28.1. The summed E-state index contributed by atoms with van der Waals surface area (Å²) in [6.45, 7) is 4.46. The van der Waals surface area contributed by atoms with Gasteiger partial charge in [0.25, 0.3) is 15.9 Å². The molecular weight excluding hydrogens is 540 g/mol. The average Bonchev–Trinajstić information content (AvgIpc) is 2.94. The molecule has 1 aliphatic rings. The van der Waals surface area contributed by atoms with Gasteiger partial charge in [-0.3, -0.25) is 14.8 Å². The van der Waals surface area contributed by atoms with Crippen molar-refractivity contribution in [3.8, 4) is 11.5 Å². The van der Waals surface area contributed by atoms with Gasteiger partial charge in [0.15, 0.2) is 5.11 Å². The number of carbonyl (C=O) groups is 1. The Hall–Kier alpha value is -3.87. The number of ether oxygens (including phenoxy) is 3. The maximum Gasteiger partial charge on any atom is 0.264 e. The van der Waals surface area contributed by atoms with Gasteiger partial charge >= 0.3 is 0 Å². The number of rotatable bonds is 9. The molecule has 4 rings (SSSR count). The number of hydrogen-bond acceptors (Lipinski definition) is 8. The third kappa shape index (κ3) is 7.16. The Morgan fingerprint density at radius 2 is 1.77 bits per heavy atom. The highest BCUT2D eigenvalue weighted by molar-refractivity contribution is 7.93. The molecule has 0 spiro atoms. The van der Waals surface area contributed by atoms with Gasteiger partial charge in [-0.15, -0.1) is 0 Å². The van der Waals surface area contributed by atoms with Crippen molar-refractivity contribution in [1.29, 1.82) is 0 Å². The van der Waals surface area contributed by atoms with Gasteiger partial charge in [-0.05, 0) is 73.7 Å². The van der Waals surface area contributed by atoms with Crippen molar-refractivity contribution in [3.63, 3.8) is 0 Å². The lowest BCUT2D eigenvalue weighted by atomic mass is 10.2. The summed E-state index contributed by atoms with van der Waals surface area (Å²) in [6.07, 6.45) is 0. The summed E-state index contributed by atoms with van der Waals surface area (Å²) in [5.41, 5.74) is 1.62. The third-order valence-corrected chi connectivity index (χ3v) is 7.46. The van der Waals surface area contributed by atoms with Crippen LogP contribution in [0.1, 0.15) is 17.3 Å². The number of amides is 1. The summed E-state index contributed by atoms with van der Waals surface area (Å²) in [7, 11) is -2.58. The number of anilines is 3. The molecule has 0 aliphatic carbocycles. The Kier molecular flexibility index (Phi) is 9.23. The molecule has 0 atom stereocenters. The normalized spacial score (nSPS) is 13.3. The van der Waals surface area contributed by atoms with Crippen LogP contribution >= 0.6 is 12.2 Å². The largest absolute Gasteiger partial charge is 0.495 e. The summed E-state index contributed by atoms with van der Waals surface area (Å²) < 4.78 is 46.1.